The average Bonchev–Trinajstić information content (AvgIpc) is 3.52. The maximum Gasteiger partial charge on any atom is 0.224 e. The molecule has 1 aliphatic carbocycles. The molecule has 0 atom stereocenters. The van der Waals surface area contributed by atoms with Gasteiger partial charge in [0.15, 0.2) is 5.78 Å². The van der Waals surface area contributed by atoms with E-state index in [2.05, 4.69) is 0 Å². The maximum atomic E-state index is 13.5. The first kappa shape index (κ1) is 18.5. The van der Waals surface area contributed by atoms with Gasteiger partial charge in [-0.15, -0.1) is 0 Å². The van der Waals surface area contributed by atoms with Crippen LogP contribution in [0.2, 0.25) is 0 Å². The molecule has 4 rings (SSSR count). The van der Waals surface area contributed by atoms with Gasteiger partial charge in [-0.2, -0.15) is 0 Å². The first-order valence-corrected chi connectivity index (χ1v) is 9.55. The van der Waals surface area contributed by atoms with Gasteiger partial charge in [-0.25, -0.2) is 4.39 Å². The van der Waals surface area contributed by atoms with Crippen molar-refractivity contribution in [3.63, 3.8) is 0 Å². The van der Waals surface area contributed by atoms with Crippen LogP contribution in [0.4, 0.5) is 10.1 Å². The van der Waals surface area contributed by atoms with Crippen molar-refractivity contribution in [2.75, 3.05) is 25.1 Å². The Morgan fingerprint density at radius 3 is 2.75 bits per heavy atom. The Kier molecular flexibility index (Phi) is 5.03. The van der Waals surface area contributed by atoms with Gasteiger partial charge in [-0.05, 0) is 48.7 Å². The Morgan fingerprint density at radius 1 is 1.21 bits per heavy atom. The van der Waals surface area contributed by atoms with E-state index in [1.165, 1.54) is 18.2 Å². The molecule has 0 saturated heterocycles. The number of ether oxygens (including phenoxy) is 1. The summed E-state index contributed by atoms with van der Waals surface area (Å²) < 4.78 is 18.9. The van der Waals surface area contributed by atoms with Crippen LogP contribution in [0.3, 0.4) is 0 Å². The molecule has 1 amide bonds. The molecular formula is C22H23FN2O3. The highest BCUT2D eigenvalue weighted by Crippen LogP contribution is 2.34. The third kappa shape index (κ3) is 3.86. The fraction of sp³-hybridized carbons (Fsp3) is 0.364. The molecule has 1 aliphatic heterocycles. The van der Waals surface area contributed by atoms with E-state index in [4.69, 9.17) is 4.74 Å². The number of methoxy groups -OCH3 is 1. The lowest BCUT2D eigenvalue weighted by Crippen LogP contribution is -2.40. The summed E-state index contributed by atoms with van der Waals surface area (Å²) in [5.41, 5.74) is 2.22. The van der Waals surface area contributed by atoms with Gasteiger partial charge < -0.3 is 14.5 Å². The molecule has 0 aromatic heterocycles. The molecule has 146 valence electrons. The van der Waals surface area contributed by atoms with Crippen molar-refractivity contribution in [1.82, 2.24) is 4.90 Å². The van der Waals surface area contributed by atoms with Gasteiger partial charge in [0, 0.05) is 36.8 Å². The fourth-order valence-corrected chi connectivity index (χ4v) is 3.70. The number of anilines is 1. The van der Waals surface area contributed by atoms with Crippen LogP contribution in [-0.2, 0) is 11.3 Å². The van der Waals surface area contributed by atoms with E-state index in [9.17, 15) is 14.0 Å². The van der Waals surface area contributed by atoms with Crippen molar-refractivity contribution in [3.8, 4) is 5.75 Å². The number of ketones is 1. The third-order valence-electron chi connectivity index (χ3n) is 5.35. The highest BCUT2D eigenvalue weighted by atomic mass is 19.1. The molecule has 1 heterocycles. The molecule has 2 aromatic rings. The van der Waals surface area contributed by atoms with Crippen molar-refractivity contribution in [2.24, 2.45) is 0 Å². The third-order valence-corrected chi connectivity index (χ3v) is 5.35. The van der Waals surface area contributed by atoms with Crippen molar-refractivity contribution >= 4 is 17.4 Å². The summed E-state index contributed by atoms with van der Waals surface area (Å²) >= 11 is 0. The second-order valence-corrected chi connectivity index (χ2v) is 7.35. The van der Waals surface area contributed by atoms with Crippen molar-refractivity contribution in [2.45, 2.75) is 31.8 Å². The quantitative estimate of drug-likeness (QED) is 0.744. The number of benzene rings is 2. The van der Waals surface area contributed by atoms with Gasteiger partial charge in [0.2, 0.25) is 5.91 Å². The van der Waals surface area contributed by atoms with Crippen LogP contribution < -0.4 is 9.64 Å². The zero-order chi connectivity index (χ0) is 19.7. The zero-order valence-corrected chi connectivity index (χ0v) is 15.9. The van der Waals surface area contributed by atoms with Crippen LogP contribution in [0.25, 0.3) is 0 Å². The van der Waals surface area contributed by atoms with Gasteiger partial charge >= 0.3 is 0 Å². The highest BCUT2D eigenvalue weighted by Gasteiger charge is 2.34. The molecule has 6 heteroatoms. The summed E-state index contributed by atoms with van der Waals surface area (Å²) in [6.45, 7) is 1.06. The molecule has 28 heavy (non-hydrogen) atoms. The number of fused-ring (bicyclic) bond motifs is 1. The predicted molar refractivity (Wildman–Crippen MR) is 104 cm³/mol. The second kappa shape index (κ2) is 7.62. The van der Waals surface area contributed by atoms with E-state index in [0.717, 1.165) is 29.8 Å². The molecule has 1 fully saturated rings. The first-order valence-electron chi connectivity index (χ1n) is 9.55. The number of hydrogen-bond acceptors (Lipinski definition) is 4. The van der Waals surface area contributed by atoms with Crippen LogP contribution in [0.5, 0.6) is 5.75 Å². The topological polar surface area (TPSA) is 49.9 Å². The van der Waals surface area contributed by atoms with Crippen LogP contribution in [-0.4, -0.2) is 42.8 Å². The summed E-state index contributed by atoms with van der Waals surface area (Å²) in [4.78, 5) is 29.3. The lowest BCUT2D eigenvalue weighted by molar-refractivity contribution is -0.132. The molecule has 0 radical (unpaired) electrons. The Morgan fingerprint density at radius 2 is 2.04 bits per heavy atom. The minimum absolute atomic E-state index is 0.0967. The minimum Gasteiger partial charge on any atom is -0.497 e. The van der Waals surface area contributed by atoms with E-state index < -0.39 is 5.82 Å². The Labute approximate surface area is 163 Å². The predicted octanol–water partition coefficient (Wildman–Crippen LogP) is 3.42. The average molecular weight is 382 g/mol. The number of Topliss-reactive ketones (excluding diaryl/α,β-unsaturated/α-hetero) is 1. The smallest absolute Gasteiger partial charge is 0.224 e. The van der Waals surface area contributed by atoms with Crippen LogP contribution in [0, 0.1) is 5.82 Å². The van der Waals surface area contributed by atoms with E-state index in [1.807, 2.05) is 28.0 Å². The van der Waals surface area contributed by atoms with Gasteiger partial charge in [-0.1, -0.05) is 12.1 Å². The molecule has 0 N–H and O–H groups in total. The SMILES string of the molecule is COc1ccc2c(c1)CN(C1CC1)C(=O)CCN2CC(=O)c1cccc(F)c1. The van der Waals surface area contributed by atoms with Gasteiger partial charge in [-0.3, -0.25) is 9.59 Å². The van der Waals surface area contributed by atoms with Crippen LogP contribution >= 0.6 is 0 Å². The van der Waals surface area contributed by atoms with Crippen LogP contribution in [0.15, 0.2) is 42.5 Å². The van der Waals surface area contributed by atoms with Gasteiger partial charge in [0.25, 0.3) is 0 Å². The number of hydrogen-bond donors (Lipinski definition) is 0. The molecule has 1 saturated carbocycles. The molecule has 2 aliphatic rings. The van der Waals surface area contributed by atoms with Crippen LogP contribution in [0.1, 0.15) is 35.2 Å². The Bertz CT molecular complexity index is 910. The van der Waals surface area contributed by atoms with E-state index >= 15 is 0 Å². The number of carbonyl (C=O) groups is 2. The second-order valence-electron chi connectivity index (χ2n) is 7.35. The van der Waals surface area contributed by atoms with E-state index in [0.29, 0.717) is 31.1 Å². The first-order chi connectivity index (χ1) is 13.5. The summed E-state index contributed by atoms with van der Waals surface area (Å²) in [6, 6.07) is 11.8. The molecule has 2 aromatic carbocycles. The summed E-state index contributed by atoms with van der Waals surface area (Å²) in [6.07, 6.45) is 2.46. The van der Waals surface area contributed by atoms with Gasteiger partial charge in [0.1, 0.15) is 11.6 Å². The molecule has 0 unspecified atom stereocenters. The molecule has 5 nitrogen and oxygen atoms in total. The Hall–Kier alpha value is -2.89. The zero-order valence-electron chi connectivity index (χ0n) is 15.9. The lowest BCUT2D eigenvalue weighted by Gasteiger charge is -2.33. The number of nitrogens with zero attached hydrogens (tertiary/aromatic N) is 2. The number of amides is 1. The fourth-order valence-electron chi connectivity index (χ4n) is 3.70. The standard InChI is InChI=1S/C22H23FN2O3/c1-28-19-7-8-20-16(12-19)13-25(18-5-6-18)22(27)9-10-24(20)14-21(26)15-3-2-4-17(23)11-15/h2-4,7-8,11-12,18H,5-6,9-10,13-14H2,1H3. The summed E-state index contributed by atoms with van der Waals surface area (Å²) in [7, 11) is 1.61. The number of rotatable bonds is 5. The molecular weight excluding hydrogens is 359 g/mol. The monoisotopic (exact) mass is 382 g/mol. The van der Waals surface area contributed by atoms with E-state index in [-0.39, 0.29) is 18.2 Å². The minimum atomic E-state index is -0.432. The number of carbonyl (C=O) groups excluding carboxylic acids is 2. The normalized spacial score (nSPS) is 17.0. The Balaban J connectivity index is 1.64. The van der Waals surface area contributed by atoms with Crippen molar-refractivity contribution in [3.05, 3.63) is 59.4 Å². The highest BCUT2D eigenvalue weighted by molar-refractivity contribution is 5.99. The number of halogens is 1. The van der Waals surface area contributed by atoms with Gasteiger partial charge in [0.05, 0.1) is 13.7 Å². The van der Waals surface area contributed by atoms with Crippen molar-refractivity contribution in [1.29, 1.82) is 0 Å². The van der Waals surface area contributed by atoms with Crippen molar-refractivity contribution < 1.29 is 18.7 Å². The molecule has 0 bridgehead atoms. The summed E-state index contributed by atoms with van der Waals surface area (Å²) in [5, 5.41) is 0. The lowest BCUT2D eigenvalue weighted by atomic mass is 10.1. The maximum absolute atomic E-state index is 13.5. The summed E-state index contributed by atoms with van der Waals surface area (Å²) in [5.74, 6) is 0.227. The molecule has 0 spiro atoms. The van der Waals surface area contributed by atoms with E-state index in [1.54, 1.807) is 13.2 Å². The largest absolute Gasteiger partial charge is 0.497 e.